The minimum Gasteiger partial charge on any atom is -0.382 e. The molecule has 0 rings (SSSR count). The standard InChI is InChI=1S/C8H13N/c1-4-6-7-9-8(3)5-2/h4-6,9H,2-3,7H2,1H3/b6-4-. The molecular formula is C8H13N. The average Bonchev–Trinajstić information content (AvgIpc) is 1.89. The SMILES string of the molecule is C=CC(=C)NC/C=C\C. The van der Waals surface area contributed by atoms with E-state index in [0.717, 1.165) is 12.2 Å². The Bertz CT molecular complexity index is 123. The molecule has 9 heavy (non-hydrogen) atoms. The van der Waals surface area contributed by atoms with E-state index >= 15 is 0 Å². The average molecular weight is 123 g/mol. The summed E-state index contributed by atoms with van der Waals surface area (Å²) in [5, 5.41) is 3.03. The van der Waals surface area contributed by atoms with Crippen molar-refractivity contribution in [2.24, 2.45) is 0 Å². The minimum absolute atomic E-state index is 0.835. The summed E-state index contributed by atoms with van der Waals surface area (Å²) in [4.78, 5) is 0. The fraction of sp³-hybridized carbons (Fsp3) is 0.250. The van der Waals surface area contributed by atoms with Crippen LogP contribution in [-0.4, -0.2) is 6.54 Å². The molecule has 50 valence electrons. The summed E-state index contributed by atoms with van der Waals surface area (Å²) in [7, 11) is 0. The molecule has 0 aromatic rings. The second-order valence-electron chi connectivity index (χ2n) is 1.68. The van der Waals surface area contributed by atoms with E-state index in [1.807, 2.05) is 19.1 Å². The molecule has 0 amide bonds. The Hall–Kier alpha value is -0.980. The van der Waals surface area contributed by atoms with Crippen molar-refractivity contribution in [1.29, 1.82) is 0 Å². The smallest absolute Gasteiger partial charge is 0.0330 e. The van der Waals surface area contributed by atoms with Crippen molar-refractivity contribution in [3.8, 4) is 0 Å². The molecule has 1 N–H and O–H groups in total. The van der Waals surface area contributed by atoms with Gasteiger partial charge in [-0.2, -0.15) is 0 Å². The molecule has 1 heteroatoms. The predicted molar refractivity (Wildman–Crippen MR) is 42.2 cm³/mol. The molecule has 0 saturated heterocycles. The molecule has 1 nitrogen and oxygen atoms in total. The predicted octanol–water partition coefficient (Wildman–Crippen LogP) is 1.85. The highest BCUT2D eigenvalue weighted by Crippen LogP contribution is 1.81. The van der Waals surface area contributed by atoms with Crippen molar-refractivity contribution >= 4 is 0 Å². The Kier molecular flexibility index (Phi) is 4.60. The lowest BCUT2D eigenvalue weighted by Gasteiger charge is -1.98. The zero-order valence-electron chi connectivity index (χ0n) is 5.85. The van der Waals surface area contributed by atoms with Crippen LogP contribution in [0.5, 0.6) is 0 Å². The van der Waals surface area contributed by atoms with Crippen LogP contribution in [0.25, 0.3) is 0 Å². The summed E-state index contributed by atoms with van der Waals surface area (Å²) in [6.07, 6.45) is 5.71. The van der Waals surface area contributed by atoms with Gasteiger partial charge in [-0.05, 0) is 13.0 Å². The first-order valence-electron chi connectivity index (χ1n) is 2.97. The lowest BCUT2D eigenvalue weighted by Crippen LogP contribution is -2.09. The van der Waals surface area contributed by atoms with Crippen LogP contribution in [-0.2, 0) is 0 Å². The number of hydrogen-bond donors (Lipinski definition) is 1. The number of allylic oxidation sites excluding steroid dienone is 2. The number of hydrogen-bond acceptors (Lipinski definition) is 1. The maximum atomic E-state index is 3.68. The monoisotopic (exact) mass is 123 g/mol. The van der Waals surface area contributed by atoms with E-state index in [1.165, 1.54) is 0 Å². The number of nitrogens with one attached hydrogen (secondary N) is 1. The fourth-order valence-electron chi connectivity index (χ4n) is 0.380. The Morgan fingerprint density at radius 1 is 1.67 bits per heavy atom. The van der Waals surface area contributed by atoms with Gasteiger partial charge >= 0.3 is 0 Å². The van der Waals surface area contributed by atoms with E-state index < -0.39 is 0 Å². The third-order valence-corrected chi connectivity index (χ3v) is 0.929. The van der Waals surface area contributed by atoms with Gasteiger partial charge in [0, 0.05) is 12.2 Å². The zero-order chi connectivity index (χ0) is 7.11. The van der Waals surface area contributed by atoms with E-state index in [2.05, 4.69) is 18.5 Å². The summed E-state index contributed by atoms with van der Waals surface area (Å²) in [6.45, 7) is 10.1. The van der Waals surface area contributed by atoms with Gasteiger partial charge in [-0.25, -0.2) is 0 Å². The van der Waals surface area contributed by atoms with Gasteiger partial charge in [0.2, 0.25) is 0 Å². The molecule has 0 aliphatic rings. The molecule has 0 aromatic heterocycles. The van der Waals surface area contributed by atoms with Gasteiger partial charge in [-0.15, -0.1) is 0 Å². The van der Waals surface area contributed by atoms with Crippen LogP contribution in [0.2, 0.25) is 0 Å². The van der Waals surface area contributed by atoms with Gasteiger partial charge in [0.15, 0.2) is 0 Å². The lowest BCUT2D eigenvalue weighted by atomic mass is 10.4. The third kappa shape index (κ3) is 4.88. The third-order valence-electron chi connectivity index (χ3n) is 0.929. The summed E-state index contributed by atoms with van der Waals surface area (Å²) >= 11 is 0. The lowest BCUT2D eigenvalue weighted by molar-refractivity contribution is 0.940. The molecule has 0 radical (unpaired) electrons. The maximum Gasteiger partial charge on any atom is 0.0330 e. The normalized spacial score (nSPS) is 9.44. The molecule has 0 bridgehead atoms. The molecular weight excluding hydrogens is 110 g/mol. The molecule has 0 unspecified atom stereocenters. The topological polar surface area (TPSA) is 12.0 Å². The largest absolute Gasteiger partial charge is 0.382 e. The van der Waals surface area contributed by atoms with E-state index in [4.69, 9.17) is 0 Å². The highest BCUT2D eigenvalue weighted by molar-refractivity contribution is 5.09. The summed E-state index contributed by atoms with van der Waals surface area (Å²) in [5.74, 6) is 0. The van der Waals surface area contributed by atoms with Gasteiger partial charge < -0.3 is 5.32 Å². The van der Waals surface area contributed by atoms with Crippen molar-refractivity contribution in [3.05, 3.63) is 37.1 Å². The van der Waals surface area contributed by atoms with E-state index in [9.17, 15) is 0 Å². The quantitative estimate of drug-likeness (QED) is 0.444. The maximum absolute atomic E-state index is 3.68. The van der Waals surface area contributed by atoms with Gasteiger partial charge in [0.1, 0.15) is 0 Å². The van der Waals surface area contributed by atoms with Crippen molar-refractivity contribution in [3.63, 3.8) is 0 Å². The number of rotatable bonds is 4. The zero-order valence-corrected chi connectivity index (χ0v) is 5.85. The molecule has 0 aliphatic carbocycles. The van der Waals surface area contributed by atoms with Gasteiger partial charge in [0.25, 0.3) is 0 Å². The van der Waals surface area contributed by atoms with Crippen molar-refractivity contribution < 1.29 is 0 Å². The molecule has 0 fully saturated rings. The van der Waals surface area contributed by atoms with Crippen molar-refractivity contribution in [2.75, 3.05) is 6.54 Å². The van der Waals surface area contributed by atoms with Crippen molar-refractivity contribution in [1.82, 2.24) is 5.32 Å². The first-order valence-corrected chi connectivity index (χ1v) is 2.97. The Morgan fingerprint density at radius 2 is 2.33 bits per heavy atom. The molecule has 0 spiro atoms. The minimum atomic E-state index is 0.835. The van der Waals surface area contributed by atoms with Gasteiger partial charge in [-0.3, -0.25) is 0 Å². The van der Waals surface area contributed by atoms with Crippen LogP contribution >= 0.6 is 0 Å². The van der Waals surface area contributed by atoms with Crippen LogP contribution in [0.3, 0.4) is 0 Å². The molecule has 0 heterocycles. The van der Waals surface area contributed by atoms with Crippen LogP contribution in [0.4, 0.5) is 0 Å². The van der Waals surface area contributed by atoms with E-state index in [0.29, 0.717) is 0 Å². The highest BCUT2D eigenvalue weighted by Gasteiger charge is 1.78. The second kappa shape index (κ2) is 5.16. The van der Waals surface area contributed by atoms with Crippen LogP contribution in [0.15, 0.2) is 37.1 Å². The highest BCUT2D eigenvalue weighted by atomic mass is 14.9. The van der Waals surface area contributed by atoms with Crippen LogP contribution in [0.1, 0.15) is 6.92 Å². The van der Waals surface area contributed by atoms with Gasteiger partial charge in [-0.1, -0.05) is 25.3 Å². The molecule has 0 aliphatic heterocycles. The Balaban J connectivity index is 3.27. The second-order valence-corrected chi connectivity index (χ2v) is 1.68. The van der Waals surface area contributed by atoms with E-state index in [1.54, 1.807) is 6.08 Å². The summed E-state index contributed by atoms with van der Waals surface area (Å²) < 4.78 is 0. The molecule has 0 saturated carbocycles. The first-order chi connectivity index (χ1) is 4.31. The summed E-state index contributed by atoms with van der Waals surface area (Å²) in [6, 6.07) is 0. The summed E-state index contributed by atoms with van der Waals surface area (Å²) in [5.41, 5.74) is 0.869. The van der Waals surface area contributed by atoms with Crippen molar-refractivity contribution in [2.45, 2.75) is 6.92 Å². The first kappa shape index (κ1) is 8.02. The Labute approximate surface area is 56.8 Å². The fourth-order valence-corrected chi connectivity index (χ4v) is 0.380. The molecule has 0 aromatic carbocycles. The van der Waals surface area contributed by atoms with Crippen LogP contribution in [0, 0.1) is 0 Å². The van der Waals surface area contributed by atoms with Crippen LogP contribution < -0.4 is 5.32 Å². The Morgan fingerprint density at radius 3 is 2.78 bits per heavy atom. The molecule has 0 atom stereocenters. The van der Waals surface area contributed by atoms with Gasteiger partial charge in [0.05, 0.1) is 0 Å². The van der Waals surface area contributed by atoms with E-state index in [-0.39, 0.29) is 0 Å².